The second kappa shape index (κ2) is 7.16. The molecule has 8 heteroatoms. The summed E-state index contributed by atoms with van der Waals surface area (Å²) in [7, 11) is 1.64. The van der Waals surface area contributed by atoms with Gasteiger partial charge in [0.15, 0.2) is 0 Å². The number of phenolic OH excluding ortho intramolecular Hbond substituents is 1. The summed E-state index contributed by atoms with van der Waals surface area (Å²) in [6.45, 7) is 2.42. The number of methoxy groups -OCH3 is 1. The molecule has 2 N–H and O–H groups in total. The van der Waals surface area contributed by atoms with E-state index in [4.69, 9.17) is 4.74 Å². The minimum atomic E-state index is 0.226. The summed E-state index contributed by atoms with van der Waals surface area (Å²) in [5.74, 6) is 1.44. The summed E-state index contributed by atoms with van der Waals surface area (Å²) in [5.41, 5.74) is 3.42. The molecule has 7 nitrogen and oxygen atoms in total. The van der Waals surface area contributed by atoms with Gasteiger partial charge in [0.05, 0.1) is 35.8 Å². The van der Waals surface area contributed by atoms with Crippen molar-refractivity contribution in [1.82, 2.24) is 20.2 Å². The second-order valence-electron chi connectivity index (χ2n) is 5.96. The van der Waals surface area contributed by atoms with Gasteiger partial charge < -0.3 is 15.2 Å². The number of nitrogens with one attached hydrogen (secondary N) is 1. The van der Waals surface area contributed by atoms with Gasteiger partial charge in [0.1, 0.15) is 16.5 Å². The van der Waals surface area contributed by atoms with Crippen molar-refractivity contribution in [3.63, 3.8) is 0 Å². The fraction of sp³-hybridized carbons (Fsp3) is 0.158. The Morgan fingerprint density at radius 3 is 2.85 bits per heavy atom. The van der Waals surface area contributed by atoms with E-state index < -0.39 is 0 Å². The second-order valence-corrected chi connectivity index (χ2v) is 7.07. The number of nitrogens with zero attached hydrogens (tertiary/aromatic N) is 4. The molecule has 2 heterocycles. The van der Waals surface area contributed by atoms with Crippen molar-refractivity contribution < 1.29 is 9.84 Å². The van der Waals surface area contributed by atoms with E-state index in [0.29, 0.717) is 18.2 Å². The molecule has 0 amide bonds. The molecule has 4 aromatic rings. The Balaban J connectivity index is 1.53. The highest BCUT2D eigenvalue weighted by molar-refractivity contribution is 7.18. The standard InChI is InChI=1S/C19H17N5O2S/c1-11-7-12(25)3-5-14(11)16-9-21-24-19(23-16)20-10-18-22-15-8-13(26-2)4-6-17(15)27-18/h3-9,25H,10H2,1-2H3,(H,20,23,24). The maximum atomic E-state index is 9.57. The van der Waals surface area contributed by atoms with Crippen molar-refractivity contribution in [2.45, 2.75) is 13.5 Å². The lowest BCUT2D eigenvalue weighted by Crippen LogP contribution is -2.05. The van der Waals surface area contributed by atoms with E-state index in [2.05, 4.69) is 25.5 Å². The molecule has 0 saturated heterocycles. The zero-order valence-electron chi connectivity index (χ0n) is 14.8. The van der Waals surface area contributed by atoms with E-state index in [0.717, 1.165) is 32.1 Å². The van der Waals surface area contributed by atoms with E-state index in [1.54, 1.807) is 36.8 Å². The predicted molar refractivity (Wildman–Crippen MR) is 105 cm³/mol. The average molecular weight is 379 g/mol. The van der Waals surface area contributed by atoms with Gasteiger partial charge in [-0.3, -0.25) is 0 Å². The Bertz CT molecular complexity index is 1110. The molecule has 0 aliphatic carbocycles. The Hall–Kier alpha value is -3.26. The highest BCUT2D eigenvalue weighted by atomic mass is 32.1. The molecule has 136 valence electrons. The van der Waals surface area contributed by atoms with Crippen LogP contribution in [0, 0.1) is 6.92 Å². The number of ether oxygens (including phenoxy) is 1. The number of benzene rings is 2. The van der Waals surface area contributed by atoms with Crippen LogP contribution in [0.3, 0.4) is 0 Å². The number of aromatic nitrogens is 4. The number of hydrogen-bond acceptors (Lipinski definition) is 8. The van der Waals surface area contributed by atoms with Gasteiger partial charge in [-0.25, -0.2) is 9.97 Å². The quantitative estimate of drug-likeness (QED) is 0.545. The van der Waals surface area contributed by atoms with Gasteiger partial charge in [-0.2, -0.15) is 5.10 Å². The first-order chi connectivity index (χ1) is 13.1. The molecule has 0 spiro atoms. The first-order valence-corrected chi connectivity index (χ1v) is 9.11. The van der Waals surface area contributed by atoms with Crippen molar-refractivity contribution in [2.24, 2.45) is 0 Å². The van der Waals surface area contributed by atoms with Crippen LogP contribution in [0.5, 0.6) is 11.5 Å². The number of aryl methyl sites for hydroxylation is 1. The molecular formula is C19H17N5O2S. The molecule has 0 radical (unpaired) electrons. The predicted octanol–water partition coefficient (Wildman–Crippen LogP) is 3.78. The number of anilines is 1. The lowest BCUT2D eigenvalue weighted by atomic mass is 10.1. The minimum Gasteiger partial charge on any atom is -0.508 e. The number of phenols is 1. The minimum absolute atomic E-state index is 0.226. The first-order valence-electron chi connectivity index (χ1n) is 8.29. The van der Waals surface area contributed by atoms with Gasteiger partial charge in [-0.1, -0.05) is 0 Å². The molecule has 0 fully saturated rings. The van der Waals surface area contributed by atoms with E-state index in [1.807, 2.05) is 31.2 Å². The normalized spacial score (nSPS) is 10.9. The first kappa shape index (κ1) is 17.2. The van der Waals surface area contributed by atoms with Gasteiger partial charge >= 0.3 is 0 Å². The monoisotopic (exact) mass is 379 g/mol. The molecule has 0 aliphatic rings. The van der Waals surface area contributed by atoms with Crippen molar-refractivity contribution in [3.05, 3.63) is 53.2 Å². The Morgan fingerprint density at radius 1 is 1.15 bits per heavy atom. The number of thiazole rings is 1. The van der Waals surface area contributed by atoms with Gasteiger partial charge in [-0.05, 0) is 42.8 Å². The zero-order chi connectivity index (χ0) is 18.8. The largest absolute Gasteiger partial charge is 0.508 e. The molecule has 0 atom stereocenters. The van der Waals surface area contributed by atoms with Gasteiger partial charge in [0.25, 0.3) is 0 Å². The van der Waals surface area contributed by atoms with Crippen LogP contribution in [0.1, 0.15) is 10.6 Å². The SMILES string of the molecule is COc1ccc2sc(CNc3nncc(-c4ccc(O)cc4C)n3)nc2c1. The van der Waals surface area contributed by atoms with Gasteiger partial charge in [-0.15, -0.1) is 16.4 Å². The topological polar surface area (TPSA) is 93.0 Å². The molecule has 2 aromatic heterocycles. The Morgan fingerprint density at radius 2 is 2.04 bits per heavy atom. The summed E-state index contributed by atoms with van der Waals surface area (Å²) in [5, 5.41) is 21.7. The van der Waals surface area contributed by atoms with Crippen molar-refractivity contribution in [1.29, 1.82) is 0 Å². The molecule has 2 aromatic carbocycles. The van der Waals surface area contributed by atoms with Crippen LogP contribution in [0.4, 0.5) is 5.95 Å². The third-order valence-corrected chi connectivity index (χ3v) is 5.12. The van der Waals surface area contributed by atoms with Crippen molar-refractivity contribution in [3.8, 4) is 22.8 Å². The molecule has 0 aliphatic heterocycles. The third kappa shape index (κ3) is 3.65. The van der Waals surface area contributed by atoms with Gasteiger partial charge in [0, 0.05) is 11.6 Å². The molecule has 4 rings (SSSR count). The summed E-state index contributed by atoms with van der Waals surface area (Å²) in [6, 6.07) is 11.0. The molecular weight excluding hydrogens is 362 g/mol. The fourth-order valence-corrected chi connectivity index (χ4v) is 3.64. The fourth-order valence-electron chi connectivity index (χ4n) is 2.76. The van der Waals surface area contributed by atoms with E-state index in [9.17, 15) is 5.11 Å². The zero-order valence-corrected chi connectivity index (χ0v) is 15.6. The van der Waals surface area contributed by atoms with Crippen LogP contribution in [-0.4, -0.2) is 32.4 Å². The third-order valence-electron chi connectivity index (χ3n) is 4.08. The summed E-state index contributed by atoms with van der Waals surface area (Å²) < 4.78 is 6.34. The van der Waals surface area contributed by atoms with E-state index in [-0.39, 0.29) is 5.75 Å². The number of rotatable bonds is 5. The number of hydrogen-bond donors (Lipinski definition) is 2. The highest BCUT2D eigenvalue weighted by Gasteiger charge is 2.09. The van der Waals surface area contributed by atoms with Crippen molar-refractivity contribution >= 4 is 27.5 Å². The molecule has 27 heavy (non-hydrogen) atoms. The maximum Gasteiger partial charge on any atom is 0.243 e. The van der Waals surface area contributed by atoms with Crippen LogP contribution < -0.4 is 10.1 Å². The maximum absolute atomic E-state index is 9.57. The summed E-state index contributed by atoms with van der Waals surface area (Å²) in [4.78, 5) is 9.13. The molecule has 0 saturated carbocycles. The van der Waals surface area contributed by atoms with E-state index in [1.165, 1.54) is 0 Å². The van der Waals surface area contributed by atoms with Crippen LogP contribution in [0.15, 0.2) is 42.6 Å². The Labute approximate surface area is 159 Å². The number of fused-ring (bicyclic) bond motifs is 1. The van der Waals surface area contributed by atoms with Crippen molar-refractivity contribution in [2.75, 3.05) is 12.4 Å². The lowest BCUT2D eigenvalue weighted by molar-refractivity contribution is 0.415. The Kier molecular flexibility index (Phi) is 4.55. The van der Waals surface area contributed by atoms with Crippen LogP contribution in [0.2, 0.25) is 0 Å². The van der Waals surface area contributed by atoms with Crippen LogP contribution >= 0.6 is 11.3 Å². The van der Waals surface area contributed by atoms with Crippen LogP contribution in [-0.2, 0) is 6.54 Å². The molecule has 0 bridgehead atoms. The average Bonchev–Trinajstić information content (AvgIpc) is 3.08. The van der Waals surface area contributed by atoms with Gasteiger partial charge in [0.2, 0.25) is 5.95 Å². The van der Waals surface area contributed by atoms with Crippen LogP contribution in [0.25, 0.3) is 21.5 Å². The highest BCUT2D eigenvalue weighted by Crippen LogP contribution is 2.27. The summed E-state index contributed by atoms with van der Waals surface area (Å²) >= 11 is 1.61. The number of aromatic hydroxyl groups is 1. The molecule has 0 unspecified atom stereocenters. The lowest BCUT2D eigenvalue weighted by Gasteiger charge is -2.07. The summed E-state index contributed by atoms with van der Waals surface area (Å²) in [6.07, 6.45) is 1.61. The van der Waals surface area contributed by atoms with E-state index >= 15 is 0 Å². The smallest absolute Gasteiger partial charge is 0.243 e.